The lowest BCUT2D eigenvalue weighted by atomic mass is 10.2. The summed E-state index contributed by atoms with van der Waals surface area (Å²) in [6.45, 7) is 2.15. The number of hydrogen-bond acceptors (Lipinski definition) is 4. The fourth-order valence-electron chi connectivity index (χ4n) is 2.20. The van der Waals surface area contributed by atoms with Gasteiger partial charge in [0.25, 0.3) is 0 Å². The molecule has 0 saturated carbocycles. The Kier molecular flexibility index (Phi) is 4.89. The van der Waals surface area contributed by atoms with Crippen molar-refractivity contribution >= 4 is 17.7 Å². The normalized spacial score (nSPS) is 13.6. The molecule has 7 heteroatoms. The Morgan fingerprint density at radius 3 is 2.83 bits per heavy atom. The fourth-order valence-corrected chi connectivity index (χ4v) is 3.13. The highest BCUT2D eigenvalue weighted by Gasteiger charge is 2.18. The molecule has 1 aliphatic heterocycles. The number of thioether (sulfide) groups is 1. The summed E-state index contributed by atoms with van der Waals surface area (Å²) in [5.74, 6) is -0.0217. The second kappa shape index (κ2) is 7.09. The number of fused-ring (bicyclic) bond motifs is 1. The lowest BCUT2D eigenvalue weighted by Crippen LogP contribution is -2.30. The molecular weight excluding hydrogens is 336 g/mol. The number of amides is 1. The Morgan fingerprint density at radius 2 is 2.00 bits per heavy atom. The molecule has 0 bridgehead atoms. The van der Waals surface area contributed by atoms with Crippen molar-refractivity contribution in [1.29, 1.82) is 0 Å². The minimum Gasteiger partial charge on any atom is -0.454 e. The second-order valence-electron chi connectivity index (χ2n) is 5.24. The number of hydrogen-bond donors (Lipinski definition) is 1. The van der Waals surface area contributed by atoms with E-state index in [0.29, 0.717) is 18.0 Å². The first-order valence-corrected chi connectivity index (χ1v) is 8.19. The van der Waals surface area contributed by atoms with Crippen LogP contribution in [0.4, 0.5) is 8.78 Å². The van der Waals surface area contributed by atoms with E-state index in [1.165, 1.54) is 0 Å². The molecule has 24 heavy (non-hydrogen) atoms. The third-order valence-electron chi connectivity index (χ3n) is 3.47. The maximum atomic E-state index is 13.6. The van der Waals surface area contributed by atoms with E-state index >= 15 is 0 Å². The first-order chi connectivity index (χ1) is 11.5. The van der Waals surface area contributed by atoms with E-state index in [0.717, 1.165) is 35.5 Å². The van der Waals surface area contributed by atoms with Gasteiger partial charge in [0, 0.05) is 11.4 Å². The summed E-state index contributed by atoms with van der Waals surface area (Å²) in [6, 6.07) is 8.59. The van der Waals surface area contributed by atoms with Gasteiger partial charge in [-0.25, -0.2) is 8.78 Å². The zero-order valence-electron chi connectivity index (χ0n) is 12.8. The second-order valence-corrected chi connectivity index (χ2v) is 6.62. The summed E-state index contributed by atoms with van der Waals surface area (Å²) in [6.07, 6.45) is 0. The molecule has 0 radical (unpaired) electrons. The van der Waals surface area contributed by atoms with Gasteiger partial charge in [-0.1, -0.05) is 6.07 Å². The summed E-state index contributed by atoms with van der Waals surface area (Å²) in [4.78, 5) is 12.3. The van der Waals surface area contributed by atoms with Crippen LogP contribution in [-0.4, -0.2) is 18.0 Å². The van der Waals surface area contributed by atoms with E-state index < -0.39 is 16.9 Å². The predicted octanol–water partition coefficient (Wildman–Crippen LogP) is 3.49. The van der Waals surface area contributed by atoms with Gasteiger partial charge >= 0.3 is 0 Å². The largest absolute Gasteiger partial charge is 0.454 e. The maximum absolute atomic E-state index is 13.6. The standard InChI is InChI=1S/C17H15F2NO3S/c1-10(24-16-7-12(18)3-4-13(16)19)17(21)20-8-11-2-5-14-15(6-11)23-9-22-14/h2-7,10H,8-9H2,1H3,(H,20,21)/t10-/m0/s1. The molecule has 4 nitrogen and oxygen atoms in total. The van der Waals surface area contributed by atoms with Gasteiger partial charge in [0.05, 0.1) is 5.25 Å². The van der Waals surface area contributed by atoms with Crippen molar-refractivity contribution in [3.63, 3.8) is 0 Å². The lowest BCUT2D eigenvalue weighted by Gasteiger charge is -2.13. The molecule has 2 aromatic carbocycles. The zero-order valence-corrected chi connectivity index (χ0v) is 13.7. The van der Waals surface area contributed by atoms with E-state index in [4.69, 9.17) is 9.47 Å². The molecule has 0 unspecified atom stereocenters. The third-order valence-corrected chi connectivity index (χ3v) is 4.60. The summed E-state index contributed by atoms with van der Waals surface area (Å²) in [7, 11) is 0. The Labute approximate surface area is 142 Å². The van der Waals surface area contributed by atoms with Crippen LogP contribution in [0.5, 0.6) is 11.5 Å². The number of nitrogens with one attached hydrogen (secondary N) is 1. The van der Waals surface area contributed by atoms with Crippen molar-refractivity contribution in [1.82, 2.24) is 5.32 Å². The van der Waals surface area contributed by atoms with Crippen LogP contribution in [-0.2, 0) is 11.3 Å². The van der Waals surface area contributed by atoms with Gasteiger partial charge in [0.2, 0.25) is 12.7 Å². The molecule has 1 N–H and O–H groups in total. The first-order valence-electron chi connectivity index (χ1n) is 7.31. The molecule has 3 rings (SSSR count). The number of ether oxygens (including phenoxy) is 2. The van der Waals surface area contributed by atoms with E-state index in [1.807, 2.05) is 6.07 Å². The summed E-state index contributed by atoms with van der Waals surface area (Å²) >= 11 is 0.976. The van der Waals surface area contributed by atoms with Crippen molar-refractivity contribution in [2.24, 2.45) is 0 Å². The summed E-state index contributed by atoms with van der Waals surface area (Å²) < 4.78 is 37.3. The van der Waals surface area contributed by atoms with Crippen molar-refractivity contribution in [3.8, 4) is 11.5 Å². The van der Waals surface area contributed by atoms with Crippen molar-refractivity contribution in [3.05, 3.63) is 53.6 Å². The first kappa shape index (κ1) is 16.6. The van der Waals surface area contributed by atoms with Gasteiger partial charge in [-0.2, -0.15) is 0 Å². The Balaban J connectivity index is 1.57. The maximum Gasteiger partial charge on any atom is 0.233 e. The van der Waals surface area contributed by atoms with Gasteiger partial charge in [0.15, 0.2) is 11.5 Å². The van der Waals surface area contributed by atoms with Crippen LogP contribution in [0.15, 0.2) is 41.3 Å². The van der Waals surface area contributed by atoms with Crippen LogP contribution >= 0.6 is 11.8 Å². The van der Waals surface area contributed by atoms with E-state index in [1.54, 1.807) is 19.1 Å². The minimum atomic E-state index is -0.560. The van der Waals surface area contributed by atoms with Crippen LogP contribution in [0.25, 0.3) is 0 Å². The van der Waals surface area contributed by atoms with Gasteiger partial charge in [-0.3, -0.25) is 4.79 Å². The molecule has 0 aliphatic carbocycles. The van der Waals surface area contributed by atoms with E-state index in [2.05, 4.69) is 5.32 Å². The molecule has 126 valence electrons. The Hall–Kier alpha value is -2.28. The monoisotopic (exact) mass is 351 g/mol. The quantitative estimate of drug-likeness (QED) is 0.838. The molecule has 0 saturated heterocycles. The van der Waals surface area contributed by atoms with Crippen LogP contribution < -0.4 is 14.8 Å². The van der Waals surface area contributed by atoms with Gasteiger partial charge in [-0.15, -0.1) is 11.8 Å². The summed E-state index contributed by atoms with van der Waals surface area (Å²) in [5, 5.41) is 2.21. The topological polar surface area (TPSA) is 47.6 Å². The number of benzene rings is 2. The molecule has 1 atom stereocenters. The van der Waals surface area contributed by atoms with Crippen molar-refractivity contribution < 1.29 is 23.0 Å². The predicted molar refractivity (Wildman–Crippen MR) is 86.1 cm³/mol. The highest BCUT2D eigenvalue weighted by Crippen LogP contribution is 2.32. The molecule has 1 amide bonds. The van der Waals surface area contributed by atoms with Gasteiger partial charge in [0.1, 0.15) is 11.6 Å². The third kappa shape index (κ3) is 3.79. The highest BCUT2D eigenvalue weighted by atomic mass is 32.2. The zero-order chi connectivity index (χ0) is 17.1. The van der Waals surface area contributed by atoms with Crippen LogP contribution in [0.2, 0.25) is 0 Å². The number of carbonyl (C=O) groups excluding carboxylic acids is 1. The van der Waals surface area contributed by atoms with Crippen LogP contribution in [0.3, 0.4) is 0 Å². The fraction of sp³-hybridized carbons (Fsp3) is 0.235. The van der Waals surface area contributed by atoms with Crippen LogP contribution in [0.1, 0.15) is 12.5 Å². The van der Waals surface area contributed by atoms with Gasteiger partial charge in [-0.05, 0) is 42.8 Å². The molecule has 0 aromatic heterocycles. The molecule has 1 heterocycles. The molecule has 1 aliphatic rings. The minimum absolute atomic E-state index is 0.112. The van der Waals surface area contributed by atoms with Crippen molar-refractivity contribution in [2.45, 2.75) is 23.6 Å². The smallest absolute Gasteiger partial charge is 0.233 e. The Bertz CT molecular complexity index is 769. The average molecular weight is 351 g/mol. The molecule has 2 aromatic rings. The van der Waals surface area contributed by atoms with Crippen LogP contribution in [0, 0.1) is 11.6 Å². The average Bonchev–Trinajstić information content (AvgIpc) is 3.03. The number of rotatable bonds is 5. The van der Waals surface area contributed by atoms with Gasteiger partial charge < -0.3 is 14.8 Å². The molecular formula is C17H15F2NO3S. The van der Waals surface area contributed by atoms with E-state index in [9.17, 15) is 13.6 Å². The SMILES string of the molecule is C[C@H](Sc1cc(F)ccc1F)C(=O)NCc1ccc2c(c1)OCO2. The highest BCUT2D eigenvalue weighted by molar-refractivity contribution is 8.00. The summed E-state index contributed by atoms with van der Waals surface area (Å²) in [5.41, 5.74) is 0.863. The molecule has 0 fully saturated rings. The van der Waals surface area contributed by atoms with E-state index in [-0.39, 0.29) is 17.6 Å². The Morgan fingerprint density at radius 1 is 1.21 bits per heavy atom. The lowest BCUT2D eigenvalue weighted by molar-refractivity contribution is -0.120. The number of carbonyl (C=O) groups is 1. The number of halogens is 2. The molecule has 0 spiro atoms. The van der Waals surface area contributed by atoms with Crippen molar-refractivity contribution in [2.75, 3.05) is 6.79 Å².